The standard InChI is InChI=1S/C14H28N4/c1-2-17-8-6-7-13(12-17)11-16-14(15)18-9-4-3-5-10-18/h13H,2-12H2,1H3,(H2,15,16). The van der Waals surface area contributed by atoms with Crippen LogP contribution >= 0.6 is 0 Å². The van der Waals surface area contributed by atoms with Crippen molar-refractivity contribution in [2.45, 2.75) is 39.0 Å². The highest BCUT2D eigenvalue weighted by molar-refractivity contribution is 5.78. The summed E-state index contributed by atoms with van der Waals surface area (Å²) in [7, 11) is 0. The zero-order valence-electron chi connectivity index (χ0n) is 11.8. The van der Waals surface area contributed by atoms with Crippen molar-refractivity contribution in [2.24, 2.45) is 16.6 Å². The lowest BCUT2D eigenvalue weighted by Gasteiger charge is -2.32. The van der Waals surface area contributed by atoms with E-state index < -0.39 is 0 Å². The molecule has 0 aromatic carbocycles. The van der Waals surface area contributed by atoms with Crippen LogP contribution in [0.4, 0.5) is 0 Å². The molecule has 4 nitrogen and oxygen atoms in total. The van der Waals surface area contributed by atoms with Crippen LogP contribution in [0.15, 0.2) is 4.99 Å². The maximum Gasteiger partial charge on any atom is 0.191 e. The molecule has 0 radical (unpaired) electrons. The number of nitrogens with two attached hydrogens (primary N) is 1. The Morgan fingerprint density at radius 3 is 2.67 bits per heavy atom. The first kappa shape index (κ1) is 13.7. The monoisotopic (exact) mass is 252 g/mol. The zero-order valence-corrected chi connectivity index (χ0v) is 11.8. The number of nitrogens with zero attached hydrogens (tertiary/aromatic N) is 3. The Kier molecular flexibility index (Phi) is 5.29. The van der Waals surface area contributed by atoms with Crippen LogP contribution in [0.5, 0.6) is 0 Å². The van der Waals surface area contributed by atoms with Gasteiger partial charge < -0.3 is 15.5 Å². The third-order valence-electron chi connectivity index (χ3n) is 4.24. The molecule has 1 atom stereocenters. The van der Waals surface area contributed by atoms with Crippen molar-refractivity contribution in [1.29, 1.82) is 0 Å². The number of piperidine rings is 2. The number of guanidine groups is 1. The number of hydrogen-bond donors (Lipinski definition) is 1. The van der Waals surface area contributed by atoms with Gasteiger partial charge in [0.15, 0.2) is 5.96 Å². The van der Waals surface area contributed by atoms with Gasteiger partial charge in [-0.3, -0.25) is 4.99 Å². The van der Waals surface area contributed by atoms with Gasteiger partial charge in [0.05, 0.1) is 0 Å². The predicted octanol–water partition coefficient (Wildman–Crippen LogP) is 1.52. The van der Waals surface area contributed by atoms with Crippen molar-refractivity contribution in [3.63, 3.8) is 0 Å². The lowest BCUT2D eigenvalue weighted by Crippen LogP contribution is -2.42. The number of likely N-dealkylation sites (tertiary alicyclic amines) is 2. The Bertz CT molecular complexity index is 271. The molecule has 0 saturated carbocycles. The van der Waals surface area contributed by atoms with Gasteiger partial charge in [0, 0.05) is 26.2 Å². The summed E-state index contributed by atoms with van der Waals surface area (Å²) >= 11 is 0. The molecule has 0 bridgehead atoms. The molecule has 0 spiro atoms. The molecule has 1 unspecified atom stereocenters. The Morgan fingerprint density at radius 1 is 1.17 bits per heavy atom. The molecule has 4 heteroatoms. The molecule has 0 aromatic heterocycles. The van der Waals surface area contributed by atoms with Crippen molar-refractivity contribution >= 4 is 5.96 Å². The summed E-state index contributed by atoms with van der Waals surface area (Å²) in [5.74, 6) is 1.49. The minimum atomic E-state index is 0.710. The van der Waals surface area contributed by atoms with Gasteiger partial charge in [0.2, 0.25) is 0 Å². The minimum Gasteiger partial charge on any atom is -0.370 e. The van der Waals surface area contributed by atoms with Gasteiger partial charge >= 0.3 is 0 Å². The average Bonchev–Trinajstić information content (AvgIpc) is 2.46. The Balaban J connectivity index is 1.77. The normalized spacial score (nSPS) is 27.5. The van der Waals surface area contributed by atoms with E-state index in [0.29, 0.717) is 5.92 Å². The summed E-state index contributed by atoms with van der Waals surface area (Å²) in [6.45, 7) is 8.99. The van der Waals surface area contributed by atoms with Crippen LogP contribution in [0, 0.1) is 5.92 Å². The van der Waals surface area contributed by atoms with Crippen molar-refractivity contribution in [3.05, 3.63) is 0 Å². The van der Waals surface area contributed by atoms with Gasteiger partial charge in [-0.25, -0.2) is 0 Å². The molecule has 104 valence electrons. The highest BCUT2D eigenvalue weighted by atomic mass is 15.3. The van der Waals surface area contributed by atoms with Crippen molar-refractivity contribution in [3.8, 4) is 0 Å². The van der Waals surface area contributed by atoms with E-state index in [-0.39, 0.29) is 0 Å². The zero-order chi connectivity index (χ0) is 12.8. The van der Waals surface area contributed by atoms with Crippen LogP contribution in [0.3, 0.4) is 0 Å². The molecule has 2 heterocycles. The summed E-state index contributed by atoms with van der Waals surface area (Å²) in [5.41, 5.74) is 6.10. The molecule has 0 aliphatic carbocycles. The van der Waals surface area contributed by atoms with Crippen LogP contribution < -0.4 is 5.73 Å². The topological polar surface area (TPSA) is 44.9 Å². The molecule has 2 saturated heterocycles. The van der Waals surface area contributed by atoms with Crippen molar-refractivity contribution < 1.29 is 0 Å². The fourth-order valence-electron chi connectivity index (χ4n) is 3.03. The van der Waals surface area contributed by atoms with E-state index in [4.69, 9.17) is 5.73 Å². The number of hydrogen-bond acceptors (Lipinski definition) is 2. The first-order chi connectivity index (χ1) is 8.79. The molecular formula is C14H28N4. The van der Waals surface area contributed by atoms with Gasteiger partial charge in [0.1, 0.15) is 0 Å². The molecule has 2 aliphatic heterocycles. The average molecular weight is 252 g/mol. The van der Waals surface area contributed by atoms with E-state index in [2.05, 4.69) is 21.7 Å². The molecular weight excluding hydrogens is 224 g/mol. The third-order valence-corrected chi connectivity index (χ3v) is 4.24. The Hall–Kier alpha value is -0.770. The van der Waals surface area contributed by atoms with Crippen molar-refractivity contribution in [2.75, 3.05) is 39.3 Å². The molecule has 0 aromatic rings. The van der Waals surface area contributed by atoms with Crippen molar-refractivity contribution in [1.82, 2.24) is 9.80 Å². The van der Waals surface area contributed by atoms with Crippen LogP contribution in [0.2, 0.25) is 0 Å². The largest absolute Gasteiger partial charge is 0.370 e. The van der Waals surface area contributed by atoms with E-state index in [0.717, 1.165) is 25.6 Å². The highest BCUT2D eigenvalue weighted by Crippen LogP contribution is 2.16. The molecule has 2 aliphatic rings. The molecule has 18 heavy (non-hydrogen) atoms. The van der Waals surface area contributed by atoms with Gasteiger partial charge in [0.25, 0.3) is 0 Å². The van der Waals surface area contributed by atoms with Crippen LogP contribution in [0.1, 0.15) is 39.0 Å². The van der Waals surface area contributed by atoms with E-state index in [1.807, 2.05) is 0 Å². The summed E-state index contributed by atoms with van der Waals surface area (Å²) in [5, 5.41) is 0. The highest BCUT2D eigenvalue weighted by Gasteiger charge is 2.19. The predicted molar refractivity (Wildman–Crippen MR) is 76.8 cm³/mol. The number of rotatable bonds is 3. The summed E-state index contributed by atoms with van der Waals surface area (Å²) in [6.07, 6.45) is 6.51. The van der Waals surface area contributed by atoms with E-state index in [1.165, 1.54) is 51.7 Å². The van der Waals surface area contributed by atoms with Gasteiger partial charge in [-0.05, 0) is 51.1 Å². The second-order valence-electron chi connectivity index (χ2n) is 5.65. The van der Waals surface area contributed by atoms with Crippen LogP contribution in [0.25, 0.3) is 0 Å². The summed E-state index contributed by atoms with van der Waals surface area (Å²) in [6, 6.07) is 0. The van der Waals surface area contributed by atoms with Crippen LogP contribution in [-0.2, 0) is 0 Å². The Labute approximate surface area is 111 Å². The van der Waals surface area contributed by atoms with Crippen LogP contribution in [-0.4, -0.2) is 55.0 Å². The molecule has 2 fully saturated rings. The van der Waals surface area contributed by atoms with Gasteiger partial charge in [-0.1, -0.05) is 6.92 Å². The first-order valence-electron chi connectivity index (χ1n) is 7.57. The SMILES string of the molecule is CCN1CCCC(CN=C(N)N2CCCCC2)C1. The second kappa shape index (κ2) is 6.98. The lowest BCUT2D eigenvalue weighted by atomic mass is 9.98. The maximum absolute atomic E-state index is 6.10. The van der Waals surface area contributed by atoms with E-state index >= 15 is 0 Å². The van der Waals surface area contributed by atoms with Gasteiger partial charge in [-0.15, -0.1) is 0 Å². The molecule has 0 amide bonds. The fourth-order valence-corrected chi connectivity index (χ4v) is 3.03. The second-order valence-corrected chi connectivity index (χ2v) is 5.65. The quantitative estimate of drug-likeness (QED) is 0.612. The summed E-state index contributed by atoms with van der Waals surface area (Å²) < 4.78 is 0. The lowest BCUT2D eigenvalue weighted by molar-refractivity contribution is 0.186. The maximum atomic E-state index is 6.10. The smallest absolute Gasteiger partial charge is 0.191 e. The fraction of sp³-hybridized carbons (Fsp3) is 0.929. The minimum absolute atomic E-state index is 0.710. The number of aliphatic imine (C=N–C) groups is 1. The first-order valence-corrected chi connectivity index (χ1v) is 7.57. The van der Waals surface area contributed by atoms with E-state index in [1.54, 1.807) is 0 Å². The molecule has 2 rings (SSSR count). The van der Waals surface area contributed by atoms with Gasteiger partial charge in [-0.2, -0.15) is 0 Å². The molecule has 2 N–H and O–H groups in total. The Morgan fingerprint density at radius 2 is 1.94 bits per heavy atom. The third kappa shape index (κ3) is 3.87. The van der Waals surface area contributed by atoms with E-state index in [9.17, 15) is 0 Å². The summed E-state index contributed by atoms with van der Waals surface area (Å²) in [4.78, 5) is 9.42.